The van der Waals surface area contributed by atoms with E-state index in [-0.39, 0.29) is 12.0 Å². The number of amides is 1. The van der Waals surface area contributed by atoms with Gasteiger partial charge in [0, 0.05) is 11.5 Å². The number of hydrogen-bond acceptors (Lipinski definition) is 6. The maximum absolute atomic E-state index is 12.5. The third-order valence-electron chi connectivity index (χ3n) is 3.78. The molecule has 2 rings (SSSR count). The molecule has 6 nitrogen and oxygen atoms in total. The second kappa shape index (κ2) is 8.80. The molecule has 0 saturated carbocycles. The summed E-state index contributed by atoms with van der Waals surface area (Å²) in [7, 11) is 1.55. The van der Waals surface area contributed by atoms with Crippen molar-refractivity contribution < 1.29 is 14.3 Å². The molecule has 0 spiro atoms. The SMILES string of the molecule is CCC(CC)c1nnc(NC(=O)c2ccc(OC(C)C)c(OC)c2)s1. The molecular weight excluding hydrogens is 338 g/mol. The lowest BCUT2D eigenvalue weighted by Crippen LogP contribution is -2.12. The van der Waals surface area contributed by atoms with Crippen LogP contribution in [-0.2, 0) is 0 Å². The van der Waals surface area contributed by atoms with Crippen molar-refractivity contribution in [2.45, 2.75) is 52.6 Å². The topological polar surface area (TPSA) is 73.3 Å². The van der Waals surface area contributed by atoms with Crippen molar-refractivity contribution in [3.8, 4) is 11.5 Å². The molecule has 0 saturated heterocycles. The average molecular weight is 363 g/mol. The Morgan fingerprint density at radius 1 is 1.20 bits per heavy atom. The standard InChI is InChI=1S/C18H25N3O3S/c1-6-12(7-2)17-20-21-18(25-17)19-16(22)13-8-9-14(24-11(3)4)15(10-13)23-5/h8-12H,6-7H2,1-5H3,(H,19,21,22). The third kappa shape index (κ3) is 4.92. The summed E-state index contributed by atoms with van der Waals surface area (Å²) in [4.78, 5) is 12.5. The molecule has 0 unspecified atom stereocenters. The Bertz CT molecular complexity index is 711. The molecule has 0 aliphatic heterocycles. The fourth-order valence-corrected chi connectivity index (χ4v) is 3.42. The zero-order chi connectivity index (χ0) is 18.4. The van der Waals surface area contributed by atoms with E-state index in [1.165, 1.54) is 11.3 Å². The molecule has 0 atom stereocenters. The van der Waals surface area contributed by atoms with Crippen LogP contribution in [0.2, 0.25) is 0 Å². The van der Waals surface area contributed by atoms with Gasteiger partial charge in [-0.1, -0.05) is 25.2 Å². The maximum Gasteiger partial charge on any atom is 0.257 e. The van der Waals surface area contributed by atoms with E-state index in [2.05, 4.69) is 29.4 Å². The summed E-state index contributed by atoms with van der Waals surface area (Å²) in [6.07, 6.45) is 2.04. The molecule has 0 radical (unpaired) electrons. The van der Waals surface area contributed by atoms with E-state index in [9.17, 15) is 4.79 Å². The first-order valence-corrected chi connectivity index (χ1v) is 9.29. The number of methoxy groups -OCH3 is 1. The van der Waals surface area contributed by atoms with Crippen LogP contribution < -0.4 is 14.8 Å². The van der Waals surface area contributed by atoms with E-state index in [4.69, 9.17) is 9.47 Å². The number of anilines is 1. The number of hydrogen-bond donors (Lipinski definition) is 1. The second-order valence-electron chi connectivity index (χ2n) is 5.95. The van der Waals surface area contributed by atoms with Gasteiger partial charge in [-0.3, -0.25) is 10.1 Å². The zero-order valence-corrected chi connectivity index (χ0v) is 16.1. The fraction of sp³-hybridized carbons (Fsp3) is 0.500. The first-order chi connectivity index (χ1) is 12.0. The number of carbonyl (C=O) groups is 1. The summed E-state index contributed by atoms with van der Waals surface area (Å²) < 4.78 is 11.0. The van der Waals surface area contributed by atoms with Crippen LogP contribution in [0.3, 0.4) is 0 Å². The smallest absolute Gasteiger partial charge is 0.257 e. The fourth-order valence-electron chi connectivity index (χ4n) is 2.42. The van der Waals surface area contributed by atoms with E-state index in [0.717, 1.165) is 17.8 Å². The van der Waals surface area contributed by atoms with Crippen LogP contribution in [0.1, 0.15) is 61.8 Å². The lowest BCUT2D eigenvalue weighted by Gasteiger charge is -2.14. The Morgan fingerprint density at radius 3 is 2.52 bits per heavy atom. The summed E-state index contributed by atoms with van der Waals surface area (Å²) in [5, 5.41) is 12.5. The van der Waals surface area contributed by atoms with E-state index in [1.54, 1.807) is 25.3 Å². The molecule has 0 aliphatic rings. The highest BCUT2D eigenvalue weighted by Gasteiger charge is 2.16. The number of nitrogens with zero attached hydrogens (tertiary/aromatic N) is 2. The molecule has 1 aromatic heterocycles. The predicted octanol–water partition coefficient (Wildman–Crippen LogP) is 4.49. The van der Waals surface area contributed by atoms with Gasteiger partial charge >= 0.3 is 0 Å². The highest BCUT2D eigenvalue weighted by molar-refractivity contribution is 7.15. The van der Waals surface area contributed by atoms with Gasteiger partial charge in [-0.25, -0.2) is 0 Å². The van der Waals surface area contributed by atoms with Gasteiger partial charge < -0.3 is 9.47 Å². The number of aromatic nitrogens is 2. The molecule has 136 valence electrons. The van der Waals surface area contributed by atoms with Crippen molar-refractivity contribution in [2.24, 2.45) is 0 Å². The highest BCUT2D eigenvalue weighted by atomic mass is 32.1. The predicted molar refractivity (Wildman–Crippen MR) is 99.9 cm³/mol. The third-order valence-corrected chi connectivity index (χ3v) is 4.79. The molecule has 0 bridgehead atoms. The molecule has 1 amide bonds. The molecule has 0 aliphatic carbocycles. The lowest BCUT2D eigenvalue weighted by atomic mass is 10.1. The normalized spacial score (nSPS) is 11.0. The van der Waals surface area contributed by atoms with Crippen LogP contribution in [0.4, 0.5) is 5.13 Å². The van der Waals surface area contributed by atoms with Crippen LogP contribution >= 0.6 is 11.3 Å². The zero-order valence-electron chi connectivity index (χ0n) is 15.3. The van der Waals surface area contributed by atoms with Crippen molar-refractivity contribution in [1.82, 2.24) is 10.2 Å². The van der Waals surface area contributed by atoms with Crippen molar-refractivity contribution >= 4 is 22.4 Å². The number of rotatable bonds is 8. The maximum atomic E-state index is 12.5. The first-order valence-electron chi connectivity index (χ1n) is 8.47. The Balaban J connectivity index is 2.13. The van der Waals surface area contributed by atoms with Crippen molar-refractivity contribution in [3.63, 3.8) is 0 Å². The van der Waals surface area contributed by atoms with E-state index in [1.807, 2.05) is 13.8 Å². The number of benzene rings is 1. The quantitative estimate of drug-likeness (QED) is 0.748. The Hall–Kier alpha value is -2.15. The minimum absolute atomic E-state index is 0.0264. The molecular formula is C18H25N3O3S. The lowest BCUT2D eigenvalue weighted by molar-refractivity contribution is 0.102. The van der Waals surface area contributed by atoms with Gasteiger partial charge in [-0.15, -0.1) is 10.2 Å². The molecule has 25 heavy (non-hydrogen) atoms. The Kier molecular flexibility index (Phi) is 6.75. The van der Waals surface area contributed by atoms with Gasteiger partial charge in [0.05, 0.1) is 13.2 Å². The Labute approximate surface area is 152 Å². The van der Waals surface area contributed by atoms with Crippen LogP contribution in [0.5, 0.6) is 11.5 Å². The second-order valence-corrected chi connectivity index (χ2v) is 6.95. The van der Waals surface area contributed by atoms with Crippen LogP contribution in [0.25, 0.3) is 0 Å². The minimum Gasteiger partial charge on any atom is -0.493 e. The summed E-state index contributed by atoms with van der Waals surface area (Å²) in [6.45, 7) is 8.13. The molecule has 7 heteroatoms. The minimum atomic E-state index is -0.248. The molecule has 2 aromatic rings. The van der Waals surface area contributed by atoms with Crippen LogP contribution in [0.15, 0.2) is 18.2 Å². The van der Waals surface area contributed by atoms with Crippen LogP contribution in [0, 0.1) is 0 Å². The molecule has 0 fully saturated rings. The van der Waals surface area contributed by atoms with E-state index < -0.39 is 0 Å². The first kappa shape index (κ1) is 19.2. The summed E-state index contributed by atoms with van der Waals surface area (Å²) in [6, 6.07) is 5.11. The summed E-state index contributed by atoms with van der Waals surface area (Å²) >= 11 is 1.42. The van der Waals surface area contributed by atoms with Gasteiger partial charge in [0.25, 0.3) is 5.91 Å². The van der Waals surface area contributed by atoms with Gasteiger partial charge in [0.2, 0.25) is 5.13 Å². The highest BCUT2D eigenvalue weighted by Crippen LogP contribution is 2.30. The van der Waals surface area contributed by atoms with Gasteiger partial charge in [0.1, 0.15) is 5.01 Å². The van der Waals surface area contributed by atoms with E-state index >= 15 is 0 Å². The summed E-state index contributed by atoms with van der Waals surface area (Å²) in [5.74, 6) is 1.27. The largest absolute Gasteiger partial charge is 0.493 e. The molecule has 1 N–H and O–H groups in total. The molecule has 1 aromatic carbocycles. The van der Waals surface area contributed by atoms with Crippen molar-refractivity contribution in [1.29, 1.82) is 0 Å². The van der Waals surface area contributed by atoms with Crippen molar-refractivity contribution in [3.05, 3.63) is 28.8 Å². The number of ether oxygens (including phenoxy) is 2. The number of nitrogens with one attached hydrogen (secondary N) is 1. The number of carbonyl (C=O) groups excluding carboxylic acids is 1. The van der Waals surface area contributed by atoms with Crippen LogP contribution in [-0.4, -0.2) is 29.3 Å². The Morgan fingerprint density at radius 2 is 1.92 bits per heavy atom. The van der Waals surface area contributed by atoms with Gasteiger partial charge in [0.15, 0.2) is 11.5 Å². The van der Waals surface area contributed by atoms with E-state index in [0.29, 0.717) is 28.1 Å². The average Bonchev–Trinajstić information content (AvgIpc) is 3.04. The van der Waals surface area contributed by atoms with Gasteiger partial charge in [-0.2, -0.15) is 0 Å². The summed E-state index contributed by atoms with van der Waals surface area (Å²) in [5.41, 5.74) is 0.479. The molecule has 1 heterocycles. The van der Waals surface area contributed by atoms with Gasteiger partial charge in [-0.05, 0) is 44.9 Å². The monoisotopic (exact) mass is 363 g/mol. The van der Waals surface area contributed by atoms with Crippen molar-refractivity contribution in [2.75, 3.05) is 12.4 Å².